The Morgan fingerprint density at radius 2 is 2.04 bits per heavy atom. The van der Waals surface area contributed by atoms with Gasteiger partial charge in [0.2, 0.25) is 5.78 Å². The van der Waals surface area contributed by atoms with Crippen LogP contribution in [-0.4, -0.2) is 41.4 Å². The molecule has 2 fully saturated rings. The fourth-order valence-corrected chi connectivity index (χ4v) is 3.68. The van der Waals surface area contributed by atoms with Crippen LogP contribution in [0.1, 0.15) is 40.2 Å². The highest BCUT2D eigenvalue weighted by Gasteiger charge is 2.38. The van der Waals surface area contributed by atoms with Gasteiger partial charge in [0, 0.05) is 43.1 Å². The number of halogens is 3. The molecular weight excluding hydrogens is 369 g/mol. The van der Waals surface area contributed by atoms with Gasteiger partial charge < -0.3 is 10.2 Å². The summed E-state index contributed by atoms with van der Waals surface area (Å²) in [7, 11) is 0. The number of ketones is 1. The summed E-state index contributed by atoms with van der Waals surface area (Å²) in [5.41, 5.74) is -1.07. The third kappa shape index (κ3) is 3.73. The van der Waals surface area contributed by atoms with Gasteiger partial charge in [-0.1, -0.05) is 0 Å². The van der Waals surface area contributed by atoms with E-state index >= 15 is 0 Å². The average Bonchev–Trinajstić information content (AvgIpc) is 3.52. The first-order valence-electron chi connectivity index (χ1n) is 9.37. The Morgan fingerprint density at radius 1 is 1.25 bits per heavy atom. The number of alkyl halides is 3. The molecule has 1 saturated carbocycles. The van der Waals surface area contributed by atoms with Gasteiger partial charge in [0.15, 0.2) is 0 Å². The molecule has 0 radical (unpaired) electrons. The SMILES string of the molecule is Cc1ncccc1C(=O)c1nc(N2CCNC(C3CC3)C2)ccc1C(F)(F)F. The van der Waals surface area contributed by atoms with E-state index in [1.54, 1.807) is 6.92 Å². The van der Waals surface area contributed by atoms with Crippen LogP contribution < -0.4 is 10.2 Å². The maximum Gasteiger partial charge on any atom is 0.418 e. The number of pyridine rings is 2. The van der Waals surface area contributed by atoms with Crippen molar-refractivity contribution in [2.45, 2.75) is 32.0 Å². The van der Waals surface area contributed by atoms with Crippen LogP contribution in [0.4, 0.5) is 19.0 Å². The first kappa shape index (κ1) is 18.9. The number of aryl methyl sites for hydroxylation is 1. The van der Waals surface area contributed by atoms with Gasteiger partial charge in [0.1, 0.15) is 11.5 Å². The van der Waals surface area contributed by atoms with E-state index in [1.165, 1.54) is 37.2 Å². The molecule has 0 amide bonds. The van der Waals surface area contributed by atoms with Crippen LogP contribution in [0, 0.1) is 12.8 Å². The summed E-state index contributed by atoms with van der Waals surface area (Å²) in [5.74, 6) is 0.273. The maximum atomic E-state index is 13.5. The van der Waals surface area contributed by atoms with E-state index in [2.05, 4.69) is 15.3 Å². The number of rotatable bonds is 4. The first-order chi connectivity index (χ1) is 13.3. The lowest BCUT2D eigenvalue weighted by Crippen LogP contribution is -2.52. The molecule has 1 saturated heterocycles. The fourth-order valence-electron chi connectivity index (χ4n) is 3.68. The molecule has 1 aliphatic heterocycles. The van der Waals surface area contributed by atoms with Crippen molar-refractivity contribution in [3.05, 3.63) is 53.0 Å². The smallest absolute Gasteiger partial charge is 0.354 e. The third-order valence-electron chi connectivity index (χ3n) is 5.37. The minimum atomic E-state index is -4.66. The molecule has 4 rings (SSSR count). The molecule has 3 heterocycles. The second kappa shape index (κ2) is 7.16. The summed E-state index contributed by atoms with van der Waals surface area (Å²) in [6.07, 6.45) is -0.808. The van der Waals surface area contributed by atoms with E-state index in [0.717, 1.165) is 12.6 Å². The Morgan fingerprint density at radius 3 is 2.71 bits per heavy atom. The van der Waals surface area contributed by atoms with Crippen LogP contribution in [0.3, 0.4) is 0 Å². The highest BCUT2D eigenvalue weighted by molar-refractivity contribution is 6.09. The van der Waals surface area contributed by atoms with E-state index in [0.29, 0.717) is 36.6 Å². The van der Waals surface area contributed by atoms with Crippen LogP contribution >= 0.6 is 0 Å². The zero-order valence-corrected chi connectivity index (χ0v) is 15.5. The molecule has 1 unspecified atom stereocenters. The summed E-state index contributed by atoms with van der Waals surface area (Å²) in [6.45, 7) is 3.67. The van der Waals surface area contributed by atoms with Crippen molar-refractivity contribution in [1.82, 2.24) is 15.3 Å². The largest absolute Gasteiger partial charge is 0.418 e. The van der Waals surface area contributed by atoms with Gasteiger partial charge in [-0.2, -0.15) is 13.2 Å². The second-order valence-corrected chi connectivity index (χ2v) is 7.37. The molecular formula is C20H21F3N4O. The molecule has 8 heteroatoms. The number of nitrogens with one attached hydrogen (secondary N) is 1. The predicted octanol–water partition coefficient (Wildman–Crippen LogP) is 3.22. The summed E-state index contributed by atoms with van der Waals surface area (Å²) in [4.78, 5) is 23.1. The standard InChI is InChI=1S/C20H21F3N4O/c1-12-14(3-2-8-24-12)19(28)18-15(20(21,22)23)6-7-17(26-18)27-10-9-25-16(11-27)13-4-5-13/h2-3,6-8,13,16,25H,4-5,9-11H2,1H3. The Balaban J connectivity index is 1.71. The first-order valence-corrected chi connectivity index (χ1v) is 9.37. The monoisotopic (exact) mass is 390 g/mol. The average molecular weight is 390 g/mol. The molecule has 5 nitrogen and oxygen atoms in total. The Bertz CT molecular complexity index is 895. The van der Waals surface area contributed by atoms with Crippen LogP contribution in [0.25, 0.3) is 0 Å². The number of aromatic nitrogens is 2. The van der Waals surface area contributed by atoms with Crippen LogP contribution in [0.2, 0.25) is 0 Å². The minimum Gasteiger partial charge on any atom is -0.354 e. The van der Waals surface area contributed by atoms with Crippen LogP contribution in [-0.2, 0) is 6.18 Å². The van der Waals surface area contributed by atoms with Gasteiger partial charge >= 0.3 is 6.18 Å². The van der Waals surface area contributed by atoms with E-state index in [1.807, 2.05) is 4.90 Å². The normalized spacial score (nSPS) is 20.3. The number of nitrogens with zero attached hydrogens (tertiary/aromatic N) is 3. The molecule has 1 N–H and O–H groups in total. The van der Waals surface area contributed by atoms with Gasteiger partial charge in [-0.25, -0.2) is 4.98 Å². The number of anilines is 1. The van der Waals surface area contributed by atoms with Crippen molar-refractivity contribution in [3.8, 4) is 0 Å². The van der Waals surface area contributed by atoms with Crippen molar-refractivity contribution >= 4 is 11.6 Å². The topological polar surface area (TPSA) is 58.1 Å². The lowest BCUT2D eigenvalue weighted by Gasteiger charge is -2.35. The lowest BCUT2D eigenvalue weighted by molar-refractivity contribution is -0.138. The van der Waals surface area contributed by atoms with Gasteiger partial charge in [0.05, 0.1) is 5.56 Å². The molecule has 148 valence electrons. The van der Waals surface area contributed by atoms with Gasteiger partial charge in [-0.15, -0.1) is 0 Å². The van der Waals surface area contributed by atoms with Crippen molar-refractivity contribution in [1.29, 1.82) is 0 Å². The number of carbonyl (C=O) groups excluding carboxylic acids is 1. The molecule has 1 atom stereocenters. The summed E-state index contributed by atoms with van der Waals surface area (Å²) in [6, 6.07) is 5.67. The highest BCUT2D eigenvalue weighted by Crippen LogP contribution is 2.36. The van der Waals surface area contributed by atoms with Crippen molar-refractivity contribution in [2.75, 3.05) is 24.5 Å². The molecule has 2 aromatic rings. The number of piperazine rings is 1. The van der Waals surface area contributed by atoms with Crippen molar-refractivity contribution in [2.24, 2.45) is 5.92 Å². The van der Waals surface area contributed by atoms with Gasteiger partial charge in [-0.3, -0.25) is 9.78 Å². The number of hydrogen-bond acceptors (Lipinski definition) is 5. The maximum absolute atomic E-state index is 13.5. The summed E-state index contributed by atoms with van der Waals surface area (Å²) >= 11 is 0. The number of hydrogen-bond donors (Lipinski definition) is 1. The molecule has 0 aromatic carbocycles. The second-order valence-electron chi connectivity index (χ2n) is 7.37. The molecule has 0 bridgehead atoms. The van der Waals surface area contributed by atoms with Crippen molar-refractivity contribution < 1.29 is 18.0 Å². The van der Waals surface area contributed by atoms with Gasteiger partial charge in [0.25, 0.3) is 0 Å². The fraction of sp³-hybridized carbons (Fsp3) is 0.450. The molecule has 2 aromatic heterocycles. The van der Waals surface area contributed by atoms with E-state index in [9.17, 15) is 18.0 Å². The van der Waals surface area contributed by atoms with E-state index in [4.69, 9.17) is 0 Å². The lowest BCUT2D eigenvalue weighted by atomic mass is 10.0. The quantitative estimate of drug-likeness (QED) is 0.813. The molecule has 2 aliphatic rings. The van der Waals surface area contributed by atoms with Crippen molar-refractivity contribution in [3.63, 3.8) is 0 Å². The number of carbonyl (C=O) groups is 1. The minimum absolute atomic E-state index is 0.133. The molecule has 0 spiro atoms. The zero-order valence-electron chi connectivity index (χ0n) is 15.5. The van der Waals surface area contributed by atoms with Crippen LogP contribution in [0.15, 0.2) is 30.5 Å². The molecule has 1 aliphatic carbocycles. The van der Waals surface area contributed by atoms with E-state index in [-0.39, 0.29) is 5.56 Å². The Kier molecular flexibility index (Phi) is 4.82. The zero-order chi connectivity index (χ0) is 19.9. The van der Waals surface area contributed by atoms with Gasteiger partial charge in [-0.05, 0) is 49.9 Å². The predicted molar refractivity (Wildman–Crippen MR) is 98.4 cm³/mol. The molecule has 28 heavy (non-hydrogen) atoms. The Labute approximate surface area is 161 Å². The summed E-state index contributed by atoms with van der Waals surface area (Å²) < 4.78 is 40.6. The Hall–Kier alpha value is -2.48. The highest BCUT2D eigenvalue weighted by atomic mass is 19.4. The summed E-state index contributed by atoms with van der Waals surface area (Å²) in [5, 5.41) is 3.46. The third-order valence-corrected chi connectivity index (χ3v) is 5.37. The van der Waals surface area contributed by atoms with E-state index < -0.39 is 23.2 Å². The van der Waals surface area contributed by atoms with Crippen LogP contribution in [0.5, 0.6) is 0 Å².